The number of likely N-dealkylation sites (tertiary alicyclic amines) is 1. The van der Waals surface area contributed by atoms with Crippen molar-refractivity contribution in [3.05, 3.63) is 29.8 Å². The minimum absolute atomic E-state index is 0.197. The predicted octanol–water partition coefficient (Wildman–Crippen LogP) is 3.33. The third-order valence-electron chi connectivity index (χ3n) is 4.83. The quantitative estimate of drug-likeness (QED) is 0.670. The number of amides is 1. The highest BCUT2D eigenvalue weighted by Gasteiger charge is 2.29. The Morgan fingerprint density at radius 3 is 2.86 bits per heavy atom. The number of carbonyl (C=O) groups is 1. The molecule has 7 nitrogen and oxygen atoms in total. The van der Waals surface area contributed by atoms with Crippen LogP contribution in [-0.2, 0) is 9.47 Å². The number of benzene rings is 1. The lowest BCUT2D eigenvalue weighted by Gasteiger charge is -2.39. The Labute approximate surface area is 173 Å². The highest BCUT2D eigenvalue weighted by Crippen LogP contribution is 2.20. The van der Waals surface area contributed by atoms with E-state index < -0.39 is 11.7 Å². The summed E-state index contributed by atoms with van der Waals surface area (Å²) in [7, 11) is 1.74. The first kappa shape index (κ1) is 23.0. The van der Waals surface area contributed by atoms with Gasteiger partial charge in [0.25, 0.3) is 0 Å². The molecule has 1 fully saturated rings. The molecular weight excluding hydrogens is 370 g/mol. The number of hydrogen-bond acceptors (Lipinski definition) is 6. The summed E-state index contributed by atoms with van der Waals surface area (Å²) in [4.78, 5) is 14.4. The van der Waals surface area contributed by atoms with Crippen molar-refractivity contribution < 1.29 is 19.0 Å². The van der Waals surface area contributed by atoms with Crippen LogP contribution in [0.1, 0.15) is 45.6 Å². The molecule has 0 bridgehead atoms. The lowest BCUT2D eigenvalue weighted by atomic mass is 9.99. The topological polar surface area (TPSA) is 83.8 Å². The largest absolute Gasteiger partial charge is 0.494 e. The zero-order valence-corrected chi connectivity index (χ0v) is 17.9. The Hall–Kier alpha value is -2.30. The van der Waals surface area contributed by atoms with Gasteiger partial charge in [-0.2, -0.15) is 5.26 Å². The summed E-state index contributed by atoms with van der Waals surface area (Å²) in [6.45, 7) is 8.45. The molecule has 1 N–H and O–H groups in total. The lowest BCUT2D eigenvalue weighted by Crippen LogP contribution is -2.51. The molecule has 1 aromatic rings. The molecule has 0 radical (unpaired) electrons. The van der Waals surface area contributed by atoms with Gasteiger partial charge in [0.15, 0.2) is 0 Å². The van der Waals surface area contributed by atoms with Gasteiger partial charge in [-0.05, 0) is 58.2 Å². The van der Waals surface area contributed by atoms with Crippen LogP contribution in [0.2, 0.25) is 0 Å². The van der Waals surface area contributed by atoms with Crippen LogP contribution in [0.25, 0.3) is 0 Å². The van der Waals surface area contributed by atoms with Crippen LogP contribution >= 0.6 is 0 Å². The number of alkyl carbamates (subject to hydrolysis) is 1. The maximum atomic E-state index is 12.0. The smallest absolute Gasteiger partial charge is 0.407 e. The molecule has 1 aromatic carbocycles. The molecule has 7 heteroatoms. The van der Waals surface area contributed by atoms with Gasteiger partial charge in [-0.1, -0.05) is 6.07 Å². The Morgan fingerprint density at radius 1 is 1.38 bits per heavy atom. The van der Waals surface area contributed by atoms with Gasteiger partial charge in [0.05, 0.1) is 24.3 Å². The van der Waals surface area contributed by atoms with E-state index in [4.69, 9.17) is 19.5 Å². The van der Waals surface area contributed by atoms with E-state index in [0.29, 0.717) is 24.5 Å². The second kappa shape index (κ2) is 11.0. The van der Waals surface area contributed by atoms with E-state index in [2.05, 4.69) is 16.3 Å². The molecular formula is C22H33N3O4. The Bertz CT molecular complexity index is 696. The summed E-state index contributed by atoms with van der Waals surface area (Å²) in [5, 5.41) is 11.9. The van der Waals surface area contributed by atoms with E-state index in [1.807, 2.05) is 32.9 Å². The van der Waals surface area contributed by atoms with Crippen molar-refractivity contribution in [2.24, 2.45) is 0 Å². The Kier molecular flexibility index (Phi) is 8.74. The molecule has 1 aliphatic rings. The summed E-state index contributed by atoms with van der Waals surface area (Å²) in [6, 6.07) is 9.50. The van der Waals surface area contributed by atoms with E-state index in [1.165, 1.54) is 0 Å². The van der Waals surface area contributed by atoms with Crippen molar-refractivity contribution in [1.82, 2.24) is 10.2 Å². The third-order valence-corrected chi connectivity index (χ3v) is 4.83. The minimum atomic E-state index is -0.508. The van der Waals surface area contributed by atoms with Crippen molar-refractivity contribution in [3.63, 3.8) is 0 Å². The molecule has 1 aliphatic heterocycles. The summed E-state index contributed by atoms with van der Waals surface area (Å²) < 4.78 is 16.7. The molecule has 1 amide bonds. The summed E-state index contributed by atoms with van der Waals surface area (Å²) in [5.41, 5.74) is 0.0865. The predicted molar refractivity (Wildman–Crippen MR) is 111 cm³/mol. The Morgan fingerprint density at radius 2 is 2.17 bits per heavy atom. The number of rotatable bonds is 8. The average Bonchev–Trinajstić information content (AvgIpc) is 2.69. The molecule has 0 aromatic heterocycles. The van der Waals surface area contributed by atoms with E-state index >= 15 is 0 Å². The Balaban J connectivity index is 1.81. The van der Waals surface area contributed by atoms with Gasteiger partial charge in [0, 0.05) is 32.8 Å². The molecule has 0 spiro atoms. The number of nitrogens with one attached hydrogen (secondary N) is 1. The van der Waals surface area contributed by atoms with Crippen LogP contribution in [-0.4, -0.2) is 62.1 Å². The second-order valence-corrected chi connectivity index (χ2v) is 8.30. The molecule has 1 saturated heterocycles. The standard InChI is InChI=1S/C22H33N3O4/c1-22(2,3)29-21(26)24-16-18-14-19(27-4)9-11-25(18)10-6-12-28-20-8-5-7-17(13-20)15-23/h5,7-8,13,18-19H,6,9-12,14,16H2,1-4H3,(H,24,26)/t18-,19+/m1/s1. The van der Waals surface area contributed by atoms with E-state index in [-0.39, 0.29) is 12.1 Å². The number of nitriles is 1. The number of carbonyl (C=O) groups excluding carboxylic acids is 1. The van der Waals surface area contributed by atoms with E-state index in [1.54, 1.807) is 19.2 Å². The van der Waals surface area contributed by atoms with Crippen LogP contribution < -0.4 is 10.1 Å². The number of nitrogens with zero attached hydrogens (tertiary/aromatic N) is 2. The normalized spacial score (nSPS) is 20.0. The first-order valence-electron chi connectivity index (χ1n) is 10.2. The summed E-state index contributed by atoms with van der Waals surface area (Å²) >= 11 is 0. The zero-order chi connectivity index (χ0) is 21.3. The molecule has 0 aliphatic carbocycles. The monoisotopic (exact) mass is 403 g/mol. The molecule has 0 unspecified atom stereocenters. The first-order chi connectivity index (χ1) is 13.8. The van der Waals surface area contributed by atoms with Crippen LogP contribution in [0.15, 0.2) is 24.3 Å². The fourth-order valence-electron chi connectivity index (χ4n) is 3.41. The molecule has 160 valence electrons. The average molecular weight is 404 g/mol. The van der Waals surface area contributed by atoms with Gasteiger partial charge in [0.1, 0.15) is 11.4 Å². The summed E-state index contributed by atoms with van der Waals surface area (Å²) in [6.07, 6.45) is 2.53. The third kappa shape index (κ3) is 8.30. The summed E-state index contributed by atoms with van der Waals surface area (Å²) in [5.74, 6) is 0.713. The van der Waals surface area contributed by atoms with Crippen LogP contribution in [0.5, 0.6) is 5.75 Å². The van der Waals surface area contributed by atoms with Crippen molar-refractivity contribution >= 4 is 6.09 Å². The number of ether oxygens (including phenoxy) is 3. The van der Waals surface area contributed by atoms with Crippen molar-refractivity contribution in [1.29, 1.82) is 5.26 Å². The highest BCUT2D eigenvalue weighted by molar-refractivity contribution is 5.67. The maximum Gasteiger partial charge on any atom is 0.407 e. The van der Waals surface area contributed by atoms with Gasteiger partial charge in [0.2, 0.25) is 0 Å². The molecule has 1 heterocycles. The SMILES string of the molecule is CO[C@H]1CCN(CCCOc2cccc(C#N)c2)[C@@H](CNC(=O)OC(C)(C)C)C1. The molecule has 2 atom stereocenters. The van der Waals surface area contributed by atoms with Crippen molar-refractivity contribution in [2.75, 3.05) is 33.4 Å². The van der Waals surface area contributed by atoms with Crippen molar-refractivity contribution in [2.45, 2.75) is 57.8 Å². The number of hydrogen-bond donors (Lipinski definition) is 1. The van der Waals surface area contributed by atoms with Gasteiger partial charge >= 0.3 is 6.09 Å². The fraction of sp³-hybridized carbons (Fsp3) is 0.636. The zero-order valence-electron chi connectivity index (χ0n) is 17.9. The van der Waals surface area contributed by atoms with Gasteiger partial charge in [-0.25, -0.2) is 4.79 Å². The van der Waals surface area contributed by atoms with Crippen LogP contribution in [0.4, 0.5) is 4.79 Å². The fourth-order valence-corrected chi connectivity index (χ4v) is 3.41. The van der Waals surface area contributed by atoms with E-state index in [0.717, 1.165) is 32.4 Å². The highest BCUT2D eigenvalue weighted by atomic mass is 16.6. The number of piperidine rings is 1. The van der Waals surface area contributed by atoms with Crippen LogP contribution in [0, 0.1) is 11.3 Å². The van der Waals surface area contributed by atoms with Gasteiger partial charge in [-0.3, -0.25) is 4.90 Å². The minimum Gasteiger partial charge on any atom is -0.494 e. The van der Waals surface area contributed by atoms with Gasteiger partial charge < -0.3 is 19.5 Å². The van der Waals surface area contributed by atoms with Gasteiger partial charge in [-0.15, -0.1) is 0 Å². The molecule has 2 rings (SSSR count). The maximum absolute atomic E-state index is 12.0. The van der Waals surface area contributed by atoms with E-state index in [9.17, 15) is 4.79 Å². The lowest BCUT2D eigenvalue weighted by molar-refractivity contribution is 0.00712. The molecule has 29 heavy (non-hydrogen) atoms. The molecule has 0 saturated carbocycles. The van der Waals surface area contributed by atoms with Crippen molar-refractivity contribution in [3.8, 4) is 11.8 Å². The van der Waals surface area contributed by atoms with Crippen LogP contribution in [0.3, 0.4) is 0 Å². The second-order valence-electron chi connectivity index (χ2n) is 8.30. The first-order valence-corrected chi connectivity index (χ1v) is 10.2. The number of methoxy groups -OCH3 is 1.